The molecule has 168 valence electrons. The Balaban J connectivity index is 1.30. The third-order valence-electron chi connectivity index (χ3n) is 5.53. The van der Waals surface area contributed by atoms with Crippen LogP contribution in [0.25, 0.3) is 11.4 Å². The third-order valence-corrected chi connectivity index (χ3v) is 6.03. The molecule has 1 fully saturated rings. The van der Waals surface area contributed by atoms with E-state index in [1.807, 2.05) is 24.3 Å². The fourth-order valence-electron chi connectivity index (χ4n) is 3.75. The number of hydrogen-bond acceptors (Lipinski definition) is 7. The molecule has 0 spiro atoms. The molecule has 0 unspecified atom stereocenters. The maximum Gasteiger partial charge on any atom is 0.241 e. The van der Waals surface area contributed by atoms with Crippen LogP contribution in [-0.2, 0) is 11.3 Å². The van der Waals surface area contributed by atoms with Gasteiger partial charge >= 0.3 is 0 Å². The van der Waals surface area contributed by atoms with E-state index < -0.39 is 0 Å². The van der Waals surface area contributed by atoms with Gasteiger partial charge in [0, 0.05) is 22.0 Å². The maximum atomic E-state index is 12.8. The van der Waals surface area contributed by atoms with Gasteiger partial charge in [0.05, 0.1) is 26.5 Å². The molecule has 32 heavy (non-hydrogen) atoms. The quantitative estimate of drug-likeness (QED) is 0.515. The second-order valence-corrected chi connectivity index (χ2v) is 8.54. The molecule has 9 heteroatoms. The predicted octanol–water partition coefficient (Wildman–Crippen LogP) is 4.37. The minimum atomic E-state index is -0.0574. The van der Waals surface area contributed by atoms with Crippen LogP contribution in [0.5, 0.6) is 11.5 Å². The minimum absolute atomic E-state index is 0.00264. The average Bonchev–Trinajstić information content (AvgIpc) is 3.28. The lowest BCUT2D eigenvalue weighted by molar-refractivity contribution is -0.121. The molecule has 1 aliphatic rings. The number of ether oxygens (including phenoxy) is 2. The fraction of sp³-hybridized carbons (Fsp3) is 0.348. The summed E-state index contributed by atoms with van der Waals surface area (Å²) < 4.78 is 17.0. The summed E-state index contributed by atoms with van der Waals surface area (Å²) in [6.07, 6.45) is 1.52. The summed E-state index contributed by atoms with van der Waals surface area (Å²) in [6, 6.07) is 13.1. The topological polar surface area (TPSA) is 89.7 Å². The number of amides is 1. The van der Waals surface area contributed by atoms with Crippen molar-refractivity contribution >= 4 is 27.5 Å². The summed E-state index contributed by atoms with van der Waals surface area (Å²) in [5, 5.41) is 7.08. The number of carbonyl (C=O) groups excluding carboxylic acids is 1. The number of methoxy groups -OCH3 is 2. The molecule has 8 nitrogen and oxygen atoms in total. The number of halogens is 1. The molecule has 0 saturated carbocycles. The lowest BCUT2D eigenvalue weighted by atomic mass is 9.96. The Morgan fingerprint density at radius 3 is 2.72 bits per heavy atom. The Hall–Kier alpha value is -2.91. The lowest BCUT2D eigenvalue weighted by Crippen LogP contribution is -2.37. The van der Waals surface area contributed by atoms with Gasteiger partial charge in [0.25, 0.3) is 0 Å². The fourth-order valence-corrected chi connectivity index (χ4v) is 4.14. The van der Waals surface area contributed by atoms with Crippen LogP contribution >= 0.6 is 15.9 Å². The van der Waals surface area contributed by atoms with E-state index in [-0.39, 0.29) is 11.8 Å². The molecule has 1 saturated heterocycles. The molecule has 2 heterocycles. The molecule has 2 aromatic carbocycles. The first-order valence-electron chi connectivity index (χ1n) is 10.4. The van der Waals surface area contributed by atoms with Gasteiger partial charge in [0.1, 0.15) is 11.5 Å². The summed E-state index contributed by atoms with van der Waals surface area (Å²) in [4.78, 5) is 19.5. The standard InChI is InChI=1S/C23H25BrN4O4/c1-30-18-6-7-19(20(13-18)31-2)25-23(29)15-8-10-28(11-9-15)14-21-26-22(27-32-21)16-4-3-5-17(24)12-16/h3-7,12-13,15H,8-11,14H2,1-2H3,(H,25,29). The molecule has 1 amide bonds. The first-order chi connectivity index (χ1) is 15.6. The smallest absolute Gasteiger partial charge is 0.241 e. The number of piperidine rings is 1. The van der Waals surface area contributed by atoms with Crippen molar-refractivity contribution in [1.82, 2.24) is 15.0 Å². The normalized spacial score (nSPS) is 14.8. The molecule has 1 aromatic heterocycles. The van der Waals surface area contributed by atoms with E-state index in [1.165, 1.54) is 0 Å². The molecular formula is C23H25BrN4O4. The Morgan fingerprint density at radius 2 is 2.00 bits per heavy atom. The molecule has 0 atom stereocenters. The molecule has 0 radical (unpaired) electrons. The first-order valence-corrected chi connectivity index (χ1v) is 11.2. The van der Waals surface area contributed by atoms with Gasteiger partial charge in [-0.2, -0.15) is 4.98 Å². The Morgan fingerprint density at radius 1 is 1.19 bits per heavy atom. The summed E-state index contributed by atoms with van der Waals surface area (Å²) in [6.45, 7) is 2.14. The minimum Gasteiger partial charge on any atom is -0.497 e. The highest BCUT2D eigenvalue weighted by molar-refractivity contribution is 9.10. The predicted molar refractivity (Wildman–Crippen MR) is 124 cm³/mol. The largest absolute Gasteiger partial charge is 0.497 e. The number of nitrogens with one attached hydrogen (secondary N) is 1. The highest BCUT2D eigenvalue weighted by atomic mass is 79.9. The zero-order valence-electron chi connectivity index (χ0n) is 18.0. The van der Waals surface area contributed by atoms with Crippen LogP contribution in [0.4, 0.5) is 5.69 Å². The Labute approximate surface area is 195 Å². The molecular weight excluding hydrogens is 476 g/mol. The SMILES string of the molecule is COc1ccc(NC(=O)C2CCN(Cc3nc(-c4cccc(Br)c4)no3)CC2)c(OC)c1. The van der Waals surface area contributed by atoms with Crippen LogP contribution in [0, 0.1) is 5.92 Å². The zero-order chi connectivity index (χ0) is 22.5. The van der Waals surface area contributed by atoms with Crippen molar-refractivity contribution in [3.05, 3.63) is 52.8 Å². The van der Waals surface area contributed by atoms with Crippen molar-refractivity contribution in [3.63, 3.8) is 0 Å². The number of aromatic nitrogens is 2. The number of anilines is 1. The summed E-state index contributed by atoms with van der Waals surface area (Å²) in [5.74, 6) is 2.35. The molecule has 1 aliphatic heterocycles. The number of likely N-dealkylation sites (tertiary alicyclic amines) is 1. The van der Waals surface area contributed by atoms with Gasteiger partial charge in [-0.15, -0.1) is 0 Å². The van der Waals surface area contributed by atoms with E-state index in [0.717, 1.165) is 36.0 Å². The second kappa shape index (κ2) is 10.1. The van der Waals surface area contributed by atoms with E-state index in [0.29, 0.717) is 35.4 Å². The maximum absolute atomic E-state index is 12.8. The number of carbonyl (C=O) groups is 1. The van der Waals surface area contributed by atoms with Crippen LogP contribution in [-0.4, -0.2) is 48.3 Å². The average molecular weight is 501 g/mol. The number of benzene rings is 2. The Bertz CT molecular complexity index is 1080. The highest BCUT2D eigenvalue weighted by Crippen LogP contribution is 2.30. The Kier molecular flexibility index (Phi) is 7.06. The van der Waals surface area contributed by atoms with Gasteiger partial charge in [0.15, 0.2) is 0 Å². The van der Waals surface area contributed by atoms with Crippen molar-refractivity contribution in [3.8, 4) is 22.9 Å². The van der Waals surface area contributed by atoms with E-state index in [1.54, 1.807) is 32.4 Å². The van der Waals surface area contributed by atoms with E-state index in [4.69, 9.17) is 14.0 Å². The van der Waals surface area contributed by atoms with Crippen LogP contribution < -0.4 is 14.8 Å². The molecule has 1 N–H and O–H groups in total. The van der Waals surface area contributed by atoms with Gasteiger partial charge < -0.3 is 19.3 Å². The van der Waals surface area contributed by atoms with Gasteiger partial charge in [-0.1, -0.05) is 33.2 Å². The van der Waals surface area contributed by atoms with Gasteiger partial charge in [0.2, 0.25) is 17.6 Å². The van der Waals surface area contributed by atoms with Crippen molar-refractivity contribution in [2.45, 2.75) is 19.4 Å². The molecule has 0 aliphatic carbocycles. The van der Waals surface area contributed by atoms with Crippen LogP contribution in [0.2, 0.25) is 0 Å². The third kappa shape index (κ3) is 5.28. The number of nitrogens with zero attached hydrogens (tertiary/aromatic N) is 3. The first kappa shape index (κ1) is 22.3. The van der Waals surface area contributed by atoms with Gasteiger partial charge in [-0.25, -0.2) is 0 Å². The molecule has 3 aromatic rings. The van der Waals surface area contributed by atoms with Crippen LogP contribution in [0.15, 0.2) is 51.5 Å². The van der Waals surface area contributed by atoms with Crippen molar-refractivity contribution < 1.29 is 18.8 Å². The number of hydrogen-bond donors (Lipinski definition) is 1. The van der Waals surface area contributed by atoms with Gasteiger partial charge in [-0.3, -0.25) is 9.69 Å². The number of rotatable bonds is 7. The van der Waals surface area contributed by atoms with Crippen molar-refractivity contribution in [1.29, 1.82) is 0 Å². The van der Waals surface area contributed by atoms with Crippen LogP contribution in [0.3, 0.4) is 0 Å². The molecule has 0 bridgehead atoms. The van der Waals surface area contributed by atoms with Crippen molar-refractivity contribution in [2.75, 3.05) is 32.6 Å². The summed E-state index contributed by atoms with van der Waals surface area (Å²) >= 11 is 3.46. The zero-order valence-corrected chi connectivity index (χ0v) is 19.6. The summed E-state index contributed by atoms with van der Waals surface area (Å²) in [7, 11) is 3.17. The molecule has 4 rings (SSSR count). The van der Waals surface area contributed by atoms with E-state index in [2.05, 4.69) is 36.3 Å². The lowest BCUT2D eigenvalue weighted by Gasteiger charge is -2.30. The van der Waals surface area contributed by atoms with E-state index >= 15 is 0 Å². The summed E-state index contributed by atoms with van der Waals surface area (Å²) in [5.41, 5.74) is 1.55. The van der Waals surface area contributed by atoms with E-state index in [9.17, 15) is 4.79 Å². The van der Waals surface area contributed by atoms with Crippen molar-refractivity contribution in [2.24, 2.45) is 5.92 Å². The second-order valence-electron chi connectivity index (χ2n) is 7.63. The highest BCUT2D eigenvalue weighted by Gasteiger charge is 2.26. The van der Waals surface area contributed by atoms with Crippen LogP contribution in [0.1, 0.15) is 18.7 Å². The van der Waals surface area contributed by atoms with Gasteiger partial charge in [-0.05, 0) is 50.2 Å². The monoisotopic (exact) mass is 500 g/mol.